The third kappa shape index (κ3) is 4.27. The summed E-state index contributed by atoms with van der Waals surface area (Å²) in [7, 11) is -1.87. The number of aryl methyl sites for hydroxylation is 1. The molecule has 0 saturated heterocycles. The summed E-state index contributed by atoms with van der Waals surface area (Å²) < 4.78 is 0. The van der Waals surface area contributed by atoms with Crippen LogP contribution in [0.25, 0.3) is 17.2 Å². The highest BCUT2D eigenvalue weighted by atomic mass is 35.6. The molecule has 0 nitrogen and oxygen atoms in total. The SMILES string of the molecule is CC1=Cc2c(-c3cc(C(C)(C)C)cc(C(C)(C)C)c3)ccc(C)c2C1[Si](C)(C)Cl. The van der Waals surface area contributed by atoms with Gasteiger partial charge in [0.1, 0.15) is 0 Å². The maximum Gasteiger partial charge on any atom is 0.161 e. The summed E-state index contributed by atoms with van der Waals surface area (Å²) >= 11 is 7.00. The molecule has 0 saturated carbocycles. The van der Waals surface area contributed by atoms with Gasteiger partial charge in [-0.05, 0) is 63.6 Å². The van der Waals surface area contributed by atoms with Crippen molar-refractivity contribution >= 4 is 24.5 Å². The number of hydrogen-bond acceptors (Lipinski definition) is 0. The molecule has 2 aromatic carbocycles. The van der Waals surface area contributed by atoms with E-state index in [1.807, 2.05) is 0 Å². The second-order valence-corrected chi connectivity index (χ2v) is 18.1. The molecule has 0 aliphatic heterocycles. The van der Waals surface area contributed by atoms with Crippen LogP contribution in [0.3, 0.4) is 0 Å². The van der Waals surface area contributed by atoms with E-state index in [0.29, 0.717) is 5.54 Å². The van der Waals surface area contributed by atoms with Crippen molar-refractivity contribution in [3.8, 4) is 11.1 Å². The van der Waals surface area contributed by atoms with Crippen molar-refractivity contribution in [1.29, 1.82) is 0 Å². The van der Waals surface area contributed by atoms with E-state index in [4.69, 9.17) is 11.1 Å². The van der Waals surface area contributed by atoms with Crippen LogP contribution in [-0.4, -0.2) is 7.38 Å². The average molecular weight is 425 g/mol. The first kappa shape index (κ1) is 22.4. The van der Waals surface area contributed by atoms with Gasteiger partial charge in [0.05, 0.1) is 0 Å². The Balaban J connectivity index is 2.31. The summed E-state index contributed by atoms with van der Waals surface area (Å²) in [6.07, 6.45) is 2.40. The van der Waals surface area contributed by atoms with Crippen LogP contribution in [0.15, 0.2) is 35.9 Å². The predicted octanol–water partition coefficient (Wildman–Crippen LogP) is 8.74. The van der Waals surface area contributed by atoms with Gasteiger partial charge in [0.15, 0.2) is 7.38 Å². The van der Waals surface area contributed by atoms with E-state index < -0.39 is 7.38 Å². The quantitative estimate of drug-likeness (QED) is 0.333. The van der Waals surface area contributed by atoms with E-state index in [1.165, 1.54) is 44.5 Å². The molecule has 0 bridgehead atoms. The van der Waals surface area contributed by atoms with E-state index in [1.54, 1.807) is 0 Å². The summed E-state index contributed by atoms with van der Waals surface area (Å²) in [5.41, 5.74) is 11.7. The third-order valence-corrected chi connectivity index (χ3v) is 9.06. The second kappa shape index (κ2) is 7.13. The standard InChI is InChI=1S/C27H37ClSi/c1-17-11-12-22(23-13-18(2)25(24(17)23)29(9,10)28)19-14-20(26(3,4)5)16-21(15-19)27(6,7)8/h11-16,25H,1-10H3. The van der Waals surface area contributed by atoms with Crippen LogP contribution in [0.5, 0.6) is 0 Å². The lowest BCUT2D eigenvalue weighted by molar-refractivity contribution is 0.569. The first-order chi connectivity index (χ1) is 13.1. The van der Waals surface area contributed by atoms with Gasteiger partial charge in [-0.25, -0.2) is 0 Å². The summed E-state index contributed by atoms with van der Waals surface area (Å²) in [4.78, 5) is 0. The molecule has 0 amide bonds. The van der Waals surface area contributed by atoms with Crippen LogP contribution in [0.2, 0.25) is 13.1 Å². The van der Waals surface area contributed by atoms with E-state index >= 15 is 0 Å². The molecular weight excluding hydrogens is 388 g/mol. The Labute approximate surface area is 184 Å². The van der Waals surface area contributed by atoms with Gasteiger partial charge in [0, 0.05) is 5.54 Å². The van der Waals surface area contributed by atoms with E-state index in [9.17, 15) is 0 Å². The lowest BCUT2D eigenvalue weighted by Gasteiger charge is -2.28. The van der Waals surface area contributed by atoms with Crippen LogP contribution in [0, 0.1) is 6.92 Å². The summed E-state index contributed by atoms with van der Waals surface area (Å²) in [5.74, 6) is 0. The highest BCUT2D eigenvalue weighted by molar-refractivity contribution is 7.20. The Morgan fingerprint density at radius 3 is 1.79 bits per heavy atom. The zero-order valence-corrected chi connectivity index (χ0v) is 21.7. The molecule has 0 heterocycles. The van der Waals surface area contributed by atoms with E-state index in [0.717, 1.165) is 0 Å². The molecule has 1 aliphatic carbocycles. The molecule has 2 aromatic rings. The Kier molecular flexibility index (Phi) is 5.50. The van der Waals surface area contributed by atoms with Gasteiger partial charge in [0.25, 0.3) is 0 Å². The van der Waals surface area contributed by atoms with E-state index in [-0.39, 0.29) is 10.8 Å². The molecule has 0 N–H and O–H groups in total. The number of hydrogen-bond donors (Lipinski definition) is 0. The minimum Gasteiger partial charge on any atom is -0.167 e. The van der Waals surface area contributed by atoms with Crippen molar-refractivity contribution < 1.29 is 0 Å². The van der Waals surface area contributed by atoms with Crippen molar-refractivity contribution in [2.24, 2.45) is 0 Å². The molecule has 1 unspecified atom stereocenters. The lowest BCUT2D eigenvalue weighted by atomic mass is 9.78. The molecule has 0 spiro atoms. The average Bonchev–Trinajstić information content (AvgIpc) is 2.91. The molecule has 1 atom stereocenters. The Morgan fingerprint density at radius 1 is 0.828 bits per heavy atom. The van der Waals surface area contributed by atoms with Crippen LogP contribution in [0.1, 0.15) is 81.8 Å². The zero-order valence-electron chi connectivity index (χ0n) is 19.9. The fourth-order valence-corrected chi connectivity index (χ4v) is 7.69. The van der Waals surface area contributed by atoms with Crippen molar-refractivity contribution in [3.63, 3.8) is 0 Å². The van der Waals surface area contributed by atoms with Crippen molar-refractivity contribution in [2.75, 3.05) is 0 Å². The fraction of sp³-hybridized carbons (Fsp3) is 0.481. The lowest BCUT2D eigenvalue weighted by Crippen LogP contribution is -2.28. The van der Waals surface area contributed by atoms with Gasteiger partial charge in [-0.1, -0.05) is 96.6 Å². The molecule has 3 rings (SSSR count). The summed E-state index contributed by atoms with van der Waals surface area (Å²) in [5, 5.41) is 0. The van der Waals surface area contributed by atoms with Crippen molar-refractivity contribution in [2.45, 2.75) is 84.9 Å². The van der Waals surface area contributed by atoms with E-state index in [2.05, 4.69) is 105 Å². The highest BCUT2D eigenvalue weighted by Gasteiger charge is 2.38. The Hall–Kier alpha value is -1.31. The molecule has 0 aromatic heterocycles. The number of allylic oxidation sites excluding steroid dienone is 1. The second-order valence-electron chi connectivity index (χ2n) is 11.4. The first-order valence-electron chi connectivity index (χ1n) is 10.8. The molecule has 0 radical (unpaired) electrons. The van der Waals surface area contributed by atoms with Crippen LogP contribution in [-0.2, 0) is 10.8 Å². The third-order valence-electron chi connectivity index (χ3n) is 6.28. The van der Waals surface area contributed by atoms with Gasteiger partial charge in [-0.15, -0.1) is 0 Å². The normalized spacial score (nSPS) is 17.3. The van der Waals surface area contributed by atoms with Crippen molar-refractivity contribution in [1.82, 2.24) is 0 Å². The largest absolute Gasteiger partial charge is 0.167 e. The molecule has 0 fully saturated rings. The van der Waals surface area contributed by atoms with Crippen LogP contribution in [0.4, 0.5) is 0 Å². The number of halogens is 1. The Morgan fingerprint density at radius 2 is 1.34 bits per heavy atom. The van der Waals surface area contributed by atoms with Gasteiger partial charge in [-0.3, -0.25) is 0 Å². The maximum atomic E-state index is 7.00. The molecular formula is C27H37ClSi. The molecule has 2 heteroatoms. The molecule has 156 valence electrons. The van der Waals surface area contributed by atoms with Gasteiger partial charge < -0.3 is 0 Å². The number of fused-ring (bicyclic) bond motifs is 1. The zero-order chi connectivity index (χ0) is 21.9. The highest BCUT2D eigenvalue weighted by Crippen LogP contribution is 2.48. The van der Waals surface area contributed by atoms with Gasteiger partial charge in [0.2, 0.25) is 0 Å². The number of benzene rings is 2. The topological polar surface area (TPSA) is 0 Å². The monoisotopic (exact) mass is 424 g/mol. The summed E-state index contributed by atoms with van der Waals surface area (Å²) in [6, 6.07) is 11.8. The van der Waals surface area contributed by atoms with Gasteiger partial charge in [-0.2, -0.15) is 11.1 Å². The minimum atomic E-state index is -1.87. The van der Waals surface area contributed by atoms with Gasteiger partial charge >= 0.3 is 0 Å². The summed E-state index contributed by atoms with van der Waals surface area (Å²) in [6.45, 7) is 22.9. The van der Waals surface area contributed by atoms with Crippen molar-refractivity contribution in [3.05, 3.63) is 63.7 Å². The first-order valence-corrected chi connectivity index (χ1v) is 14.9. The van der Waals surface area contributed by atoms with Crippen LogP contribution < -0.4 is 0 Å². The molecule has 1 aliphatic rings. The Bertz CT molecular complexity index is 943. The minimum absolute atomic E-state index is 0.114. The smallest absolute Gasteiger partial charge is 0.161 e. The molecule has 29 heavy (non-hydrogen) atoms. The predicted molar refractivity (Wildman–Crippen MR) is 134 cm³/mol. The van der Waals surface area contributed by atoms with Crippen LogP contribution >= 0.6 is 11.1 Å². The number of rotatable bonds is 2. The fourth-order valence-electron chi connectivity index (χ4n) is 4.61. The maximum absolute atomic E-state index is 7.00.